The van der Waals surface area contributed by atoms with Crippen LogP contribution in [0.15, 0.2) is 11.4 Å². The largest absolute Gasteiger partial charge is 0.394 e. The summed E-state index contributed by atoms with van der Waals surface area (Å²) in [6.07, 6.45) is 4.14. The molecule has 0 unspecified atom stereocenters. The molecule has 28 heavy (non-hydrogen) atoms. The van der Waals surface area contributed by atoms with Crippen LogP contribution in [0.1, 0.15) is 19.1 Å². The molecule has 0 aromatic carbocycles. The van der Waals surface area contributed by atoms with Crippen LogP contribution in [0.2, 0.25) is 0 Å². The van der Waals surface area contributed by atoms with Crippen molar-refractivity contribution in [1.82, 2.24) is 19.5 Å². The molecule has 2 aromatic rings. The van der Waals surface area contributed by atoms with Crippen molar-refractivity contribution in [2.45, 2.75) is 43.0 Å². The molecule has 1 saturated heterocycles. The number of hydrogen-bond donors (Lipinski definition) is 2. The Kier molecular flexibility index (Phi) is 4.32. The number of imidazole rings is 1. The molecule has 2 aromatic heterocycles. The van der Waals surface area contributed by atoms with Gasteiger partial charge in [-0.3, -0.25) is 4.57 Å². The lowest BCUT2D eigenvalue weighted by atomic mass is 9.97. The van der Waals surface area contributed by atoms with Crippen molar-refractivity contribution in [2.75, 3.05) is 18.6 Å². The lowest BCUT2D eigenvalue weighted by molar-refractivity contribution is -0.0504. The van der Waals surface area contributed by atoms with E-state index < -0.39 is 30.7 Å². The molecule has 2 fully saturated rings. The van der Waals surface area contributed by atoms with Crippen LogP contribution in [0, 0.1) is 12.3 Å². The average molecular weight is 388 g/mol. The number of nitrogens with zero attached hydrogens (tertiary/aromatic N) is 8. The van der Waals surface area contributed by atoms with Gasteiger partial charge in [-0.15, -0.1) is 6.42 Å². The smallest absolute Gasteiger partial charge is 0.243 e. The van der Waals surface area contributed by atoms with Gasteiger partial charge in [0.2, 0.25) is 11.6 Å². The third kappa shape index (κ3) is 2.64. The summed E-state index contributed by atoms with van der Waals surface area (Å²) >= 11 is 0. The Morgan fingerprint density at radius 3 is 2.93 bits per heavy atom. The van der Waals surface area contributed by atoms with Gasteiger partial charge in [-0.25, -0.2) is 19.3 Å². The summed E-state index contributed by atoms with van der Waals surface area (Å²) in [5, 5.41) is 23.0. The summed E-state index contributed by atoms with van der Waals surface area (Å²) in [6.45, 7) is -0.619. The summed E-state index contributed by atoms with van der Waals surface area (Å²) in [4.78, 5) is 17.3. The topological polar surface area (TPSA) is 145 Å². The Hall–Kier alpha value is -2.97. The minimum atomic E-state index is -2.62. The zero-order chi connectivity index (χ0) is 20.1. The summed E-state index contributed by atoms with van der Waals surface area (Å²) in [5.41, 5.74) is 6.63. The number of ether oxygens (including phenoxy) is 1. The molecule has 0 bridgehead atoms. The molecule has 146 valence electrons. The van der Waals surface area contributed by atoms with E-state index in [0.717, 1.165) is 12.8 Å². The van der Waals surface area contributed by atoms with Gasteiger partial charge in [0.15, 0.2) is 23.2 Å². The average Bonchev–Trinajstić information content (AvgIpc) is 3.42. The maximum Gasteiger partial charge on any atom is 0.243 e. The number of aromatic nitrogens is 4. The number of hydrogen-bond acceptors (Lipinski definition) is 8. The Labute approximate surface area is 158 Å². The van der Waals surface area contributed by atoms with Crippen molar-refractivity contribution in [3.05, 3.63) is 16.8 Å². The third-order valence-corrected chi connectivity index (χ3v) is 5.05. The quantitative estimate of drug-likeness (QED) is 0.336. The monoisotopic (exact) mass is 388 g/mol. The minimum absolute atomic E-state index is 0.132. The first kappa shape index (κ1) is 18.4. The number of aliphatic hydroxyl groups is 2. The molecule has 2 aliphatic rings. The summed E-state index contributed by atoms with van der Waals surface area (Å²) in [5.74, 6) is 2.19. The van der Waals surface area contributed by atoms with Crippen LogP contribution in [0.5, 0.6) is 0 Å². The summed E-state index contributed by atoms with van der Waals surface area (Å²) in [7, 11) is 1.83. The number of azide groups is 1. The maximum atomic E-state index is 15.4. The fraction of sp³-hybridized carbons (Fsp3) is 0.562. The maximum absolute atomic E-state index is 15.4. The molecule has 12 heteroatoms. The van der Waals surface area contributed by atoms with E-state index in [1.807, 2.05) is 17.9 Å². The van der Waals surface area contributed by atoms with Crippen LogP contribution < -0.4 is 4.90 Å². The second kappa shape index (κ2) is 6.57. The number of fused-ring (bicyclic) bond motifs is 1. The number of anilines is 1. The third-order valence-electron chi connectivity index (χ3n) is 5.05. The van der Waals surface area contributed by atoms with Gasteiger partial charge in [0.1, 0.15) is 12.2 Å². The predicted octanol–water partition coefficient (Wildman–Crippen LogP) is 0.959. The molecule has 0 radical (unpaired) electrons. The molecular formula is C16H17FN8O3. The zero-order valence-corrected chi connectivity index (χ0v) is 14.8. The molecular weight excluding hydrogens is 371 g/mol. The van der Waals surface area contributed by atoms with Gasteiger partial charge in [0.05, 0.1) is 12.9 Å². The molecule has 2 N–H and O–H groups in total. The highest BCUT2D eigenvalue weighted by Crippen LogP contribution is 2.43. The highest BCUT2D eigenvalue weighted by atomic mass is 19.1. The van der Waals surface area contributed by atoms with Gasteiger partial charge < -0.3 is 19.8 Å². The zero-order valence-electron chi connectivity index (χ0n) is 14.8. The SMILES string of the molecule is C#C[C@@]1(F)[C@H](O)[C@@H](CO)O[C@H]1n1cnc2c(N(C)C3CC3)nc(N=[N+]=[N-])nc21. The number of rotatable bonds is 5. The van der Waals surface area contributed by atoms with Crippen molar-refractivity contribution in [3.63, 3.8) is 0 Å². The van der Waals surface area contributed by atoms with E-state index in [9.17, 15) is 10.2 Å². The van der Waals surface area contributed by atoms with Gasteiger partial charge >= 0.3 is 0 Å². The molecule has 1 aliphatic heterocycles. The van der Waals surface area contributed by atoms with Crippen molar-refractivity contribution in [2.24, 2.45) is 5.11 Å². The normalized spacial score (nSPS) is 29.5. The van der Waals surface area contributed by atoms with Crippen LogP contribution in [0.4, 0.5) is 16.2 Å². The first-order valence-corrected chi connectivity index (χ1v) is 8.58. The summed E-state index contributed by atoms with van der Waals surface area (Å²) in [6, 6.07) is 0.275. The molecule has 3 heterocycles. The Morgan fingerprint density at radius 2 is 2.32 bits per heavy atom. The second-order valence-electron chi connectivity index (χ2n) is 6.77. The van der Waals surface area contributed by atoms with E-state index in [2.05, 4.69) is 25.0 Å². The Morgan fingerprint density at radius 1 is 1.57 bits per heavy atom. The standard InChI is InChI=1S/C16H17FN8O3/c1-3-16(17)11(27)9(6-26)28-14(16)25-7-19-10-12(24(2)8-4-5-8)20-15(22-23-18)21-13(10)25/h1,7-9,11,14,26-27H,4-6H2,2H3/t9-,11-,14-,16-/m1/s1. The Bertz CT molecular complexity index is 1010. The van der Waals surface area contributed by atoms with Gasteiger partial charge in [0, 0.05) is 18.0 Å². The molecule has 1 aliphatic carbocycles. The molecule has 11 nitrogen and oxygen atoms in total. The highest BCUT2D eigenvalue weighted by molar-refractivity contribution is 5.85. The molecule has 4 rings (SSSR count). The van der Waals surface area contributed by atoms with Crippen LogP contribution in [-0.2, 0) is 4.74 Å². The molecule has 4 atom stereocenters. The molecule has 1 saturated carbocycles. The van der Waals surface area contributed by atoms with Crippen LogP contribution in [0.25, 0.3) is 21.6 Å². The van der Waals surface area contributed by atoms with E-state index in [1.54, 1.807) is 0 Å². The molecule has 0 amide bonds. The van der Waals surface area contributed by atoms with E-state index in [4.69, 9.17) is 16.7 Å². The van der Waals surface area contributed by atoms with Gasteiger partial charge in [-0.2, -0.15) is 0 Å². The first-order valence-electron chi connectivity index (χ1n) is 8.58. The van der Waals surface area contributed by atoms with Crippen LogP contribution in [-0.4, -0.2) is 67.3 Å². The van der Waals surface area contributed by atoms with E-state index >= 15 is 4.39 Å². The minimum Gasteiger partial charge on any atom is -0.394 e. The van der Waals surface area contributed by atoms with Gasteiger partial charge in [-0.05, 0) is 23.5 Å². The number of aliphatic hydroxyl groups excluding tert-OH is 2. The van der Waals surface area contributed by atoms with Crippen molar-refractivity contribution in [3.8, 4) is 12.3 Å². The fourth-order valence-corrected chi connectivity index (χ4v) is 3.35. The number of halogens is 1. The van der Waals surface area contributed by atoms with Gasteiger partial charge in [-0.1, -0.05) is 5.92 Å². The number of alkyl halides is 1. The lowest BCUT2D eigenvalue weighted by Crippen LogP contribution is -2.42. The molecule has 0 spiro atoms. The van der Waals surface area contributed by atoms with Crippen LogP contribution in [0.3, 0.4) is 0 Å². The Balaban J connectivity index is 1.89. The van der Waals surface area contributed by atoms with Crippen molar-refractivity contribution in [1.29, 1.82) is 0 Å². The summed E-state index contributed by atoms with van der Waals surface area (Å²) < 4.78 is 22.1. The first-order chi connectivity index (χ1) is 13.4. The number of terminal acetylenes is 1. The predicted molar refractivity (Wildman–Crippen MR) is 95.2 cm³/mol. The van der Waals surface area contributed by atoms with Gasteiger partial charge in [0.25, 0.3) is 0 Å². The fourth-order valence-electron chi connectivity index (χ4n) is 3.35. The second-order valence-corrected chi connectivity index (χ2v) is 6.77. The van der Waals surface area contributed by atoms with E-state index in [1.165, 1.54) is 10.9 Å². The van der Waals surface area contributed by atoms with Crippen molar-refractivity contribution >= 4 is 22.9 Å². The lowest BCUT2D eigenvalue weighted by Gasteiger charge is -2.24. The van der Waals surface area contributed by atoms with Crippen LogP contribution >= 0.6 is 0 Å². The van der Waals surface area contributed by atoms with Crippen molar-refractivity contribution < 1.29 is 19.3 Å². The van der Waals surface area contributed by atoms with E-state index in [-0.39, 0.29) is 17.6 Å². The highest BCUT2D eigenvalue weighted by Gasteiger charge is 2.57. The van der Waals surface area contributed by atoms with E-state index in [0.29, 0.717) is 11.3 Å².